The summed E-state index contributed by atoms with van der Waals surface area (Å²) < 4.78 is 5.08. The molecule has 35 heavy (non-hydrogen) atoms. The summed E-state index contributed by atoms with van der Waals surface area (Å²) in [7, 11) is 0. The lowest BCUT2D eigenvalue weighted by molar-refractivity contribution is 0.0526. The zero-order valence-electron chi connectivity index (χ0n) is 20.8. The maximum Gasteiger partial charge on any atom is 0.338 e. The highest BCUT2D eigenvalue weighted by Crippen LogP contribution is 2.38. The fraction of sp³-hybridized carbons (Fsp3) is 0.481. The Kier molecular flexibility index (Phi) is 7.52. The smallest absolute Gasteiger partial charge is 0.338 e. The molecule has 2 atom stereocenters. The van der Waals surface area contributed by atoms with Gasteiger partial charge in [0.2, 0.25) is 0 Å². The van der Waals surface area contributed by atoms with Crippen LogP contribution in [0.5, 0.6) is 0 Å². The van der Waals surface area contributed by atoms with Crippen LogP contribution < -0.4 is 5.32 Å². The Morgan fingerprint density at radius 3 is 2.77 bits per heavy atom. The first-order chi connectivity index (χ1) is 16.7. The van der Waals surface area contributed by atoms with E-state index in [1.54, 1.807) is 25.1 Å². The Morgan fingerprint density at radius 1 is 1.26 bits per heavy atom. The SMILES string of the molecule is CCOC(=O)c1cccc([C@@H](CCO)NC(=O)c2nc3cc4c(nc3s2)CC[C@H](C(C)(C)C)C4)c1. The molecule has 1 aliphatic carbocycles. The van der Waals surface area contributed by atoms with E-state index in [4.69, 9.17) is 9.72 Å². The quantitative estimate of drug-likeness (QED) is 0.454. The molecule has 0 saturated carbocycles. The number of aliphatic hydroxyl groups excluding tert-OH is 1. The van der Waals surface area contributed by atoms with Gasteiger partial charge in [0.1, 0.15) is 10.3 Å². The molecule has 4 rings (SSSR count). The van der Waals surface area contributed by atoms with Gasteiger partial charge in [-0.15, -0.1) is 0 Å². The minimum absolute atomic E-state index is 0.113. The number of benzene rings is 1. The van der Waals surface area contributed by atoms with E-state index in [1.807, 2.05) is 6.07 Å². The van der Waals surface area contributed by atoms with Crippen LogP contribution in [-0.2, 0) is 17.6 Å². The Balaban J connectivity index is 1.55. The fourth-order valence-electron chi connectivity index (χ4n) is 4.62. The molecule has 1 aliphatic rings. The van der Waals surface area contributed by atoms with Gasteiger partial charge in [0.05, 0.1) is 18.2 Å². The zero-order chi connectivity index (χ0) is 25.2. The van der Waals surface area contributed by atoms with Crippen LogP contribution in [0.1, 0.15) is 83.6 Å². The number of carbonyl (C=O) groups excluding carboxylic acids is 2. The molecular weight excluding hydrogens is 462 g/mol. The molecule has 2 aromatic heterocycles. The molecule has 0 saturated heterocycles. The summed E-state index contributed by atoms with van der Waals surface area (Å²) in [4.78, 5) is 35.5. The van der Waals surface area contributed by atoms with Gasteiger partial charge < -0.3 is 15.2 Å². The molecule has 186 valence electrons. The molecule has 0 fully saturated rings. The lowest BCUT2D eigenvalue weighted by Crippen LogP contribution is -2.29. The van der Waals surface area contributed by atoms with Crippen LogP contribution in [-0.4, -0.2) is 40.2 Å². The third-order valence-corrected chi connectivity index (χ3v) is 7.65. The average Bonchev–Trinajstić information content (AvgIpc) is 3.24. The summed E-state index contributed by atoms with van der Waals surface area (Å²) in [5, 5.41) is 12.9. The largest absolute Gasteiger partial charge is 0.462 e. The maximum absolute atomic E-state index is 13.1. The standard InChI is InChI=1S/C27H33N3O4S/c1-5-34-26(33)17-8-6-7-16(13-17)21(11-12-31)28-23(32)25-30-22-15-18-14-19(27(2,3)4)9-10-20(18)29-24(22)35-25/h6-8,13,15,19,21,31H,5,9-12,14H2,1-4H3,(H,28,32)/t19-,21+/m0/s1. The lowest BCUT2D eigenvalue weighted by atomic mass is 9.71. The van der Waals surface area contributed by atoms with E-state index >= 15 is 0 Å². The number of aromatic nitrogens is 2. The third-order valence-electron chi connectivity index (χ3n) is 6.69. The number of amides is 1. The molecule has 1 amide bonds. The fourth-order valence-corrected chi connectivity index (χ4v) is 5.46. The van der Waals surface area contributed by atoms with Crippen molar-refractivity contribution in [3.63, 3.8) is 0 Å². The lowest BCUT2D eigenvalue weighted by Gasteiger charge is -2.34. The van der Waals surface area contributed by atoms with Crippen molar-refractivity contribution in [1.29, 1.82) is 0 Å². The second-order valence-corrected chi connectivity index (χ2v) is 11.1. The molecule has 2 heterocycles. The van der Waals surface area contributed by atoms with Gasteiger partial charge >= 0.3 is 5.97 Å². The number of esters is 1. The highest BCUT2D eigenvalue weighted by molar-refractivity contribution is 7.19. The van der Waals surface area contributed by atoms with E-state index < -0.39 is 12.0 Å². The molecular formula is C27H33N3O4S. The van der Waals surface area contributed by atoms with Crippen molar-refractivity contribution in [2.75, 3.05) is 13.2 Å². The Hall–Kier alpha value is -2.84. The van der Waals surface area contributed by atoms with Crippen molar-refractivity contribution >= 4 is 33.6 Å². The van der Waals surface area contributed by atoms with Crippen LogP contribution >= 0.6 is 11.3 Å². The number of fused-ring (bicyclic) bond motifs is 2. The highest BCUT2D eigenvalue weighted by atomic mass is 32.1. The number of carbonyl (C=O) groups is 2. The van der Waals surface area contributed by atoms with E-state index in [1.165, 1.54) is 16.9 Å². The number of hydrogen-bond acceptors (Lipinski definition) is 7. The third kappa shape index (κ3) is 5.70. The highest BCUT2D eigenvalue weighted by Gasteiger charge is 2.30. The topological polar surface area (TPSA) is 101 Å². The average molecular weight is 496 g/mol. The van der Waals surface area contributed by atoms with E-state index in [2.05, 4.69) is 37.1 Å². The molecule has 0 bridgehead atoms. The second kappa shape index (κ2) is 10.4. The normalized spacial score (nSPS) is 16.5. The summed E-state index contributed by atoms with van der Waals surface area (Å²) >= 11 is 1.28. The first kappa shape index (κ1) is 25.3. The number of pyridine rings is 1. The van der Waals surface area contributed by atoms with Gasteiger partial charge in [0.15, 0.2) is 5.01 Å². The Morgan fingerprint density at radius 2 is 2.06 bits per heavy atom. The predicted octanol–water partition coefficient (Wildman–Crippen LogP) is 4.87. The summed E-state index contributed by atoms with van der Waals surface area (Å²) in [6, 6.07) is 8.56. The molecule has 8 heteroatoms. The summed E-state index contributed by atoms with van der Waals surface area (Å²) in [6.07, 6.45) is 3.36. The number of aliphatic hydroxyl groups is 1. The summed E-state index contributed by atoms with van der Waals surface area (Å²) in [5.41, 5.74) is 4.46. The van der Waals surface area contributed by atoms with Crippen molar-refractivity contribution in [3.05, 3.63) is 57.7 Å². The second-order valence-electron chi connectivity index (χ2n) is 10.1. The van der Waals surface area contributed by atoms with Gasteiger partial charge in [-0.2, -0.15) is 0 Å². The van der Waals surface area contributed by atoms with E-state index in [0.29, 0.717) is 22.9 Å². The van der Waals surface area contributed by atoms with Crippen LogP contribution in [0.2, 0.25) is 0 Å². The molecule has 0 aliphatic heterocycles. The number of ether oxygens (including phenoxy) is 1. The zero-order valence-corrected chi connectivity index (χ0v) is 21.6. The Labute approximate surface area is 209 Å². The van der Waals surface area contributed by atoms with Crippen LogP contribution in [0.4, 0.5) is 0 Å². The summed E-state index contributed by atoms with van der Waals surface area (Å²) in [6.45, 7) is 8.77. The molecule has 0 radical (unpaired) electrons. The van der Waals surface area contributed by atoms with Crippen molar-refractivity contribution < 1.29 is 19.4 Å². The molecule has 1 aromatic carbocycles. The first-order valence-electron chi connectivity index (χ1n) is 12.2. The molecule has 3 aromatic rings. The molecule has 0 unspecified atom stereocenters. The van der Waals surface area contributed by atoms with Gasteiger partial charge in [0.25, 0.3) is 5.91 Å². The van der Waals surface area contributed by atoms with Gasteiger partial charge in [-0.25, -0.2) is 14.8 Å². The first-order valence-corrected chi connectivity index (χ1v) is 13.0. The van der Waals surface area contributed by atoms with Crippen molar-refractivity contribution in [3.8, 4) is 0 Å². The van der Waals surface area contributed by atoms with Crippen molar-refractivity contribution in [2.24, 2.45) is 11.3 Å². The molecule has 0 spiro atoms. The van der Waals surface area contributed by atoms with E-state index in [0.717, 1.165) is 40.9 Å². The van der Waals surface area contributed by atoms with Crippen LogP contribution in [0.3, 0.4) is 0 Å². The minimum Gasteiger partial charge on any atom is -0.462 e. The molecule has 2 N–H and O–H groups in total. The summed E-state index contributed by atoms with van der Waals surface area (Å²) in [5.74, 6) is -0.142. The number of thiazole rings is 1. The van der Waals surface area contributed by atoms with Crippen molar-refractivity contribution in [2.45, 2.75) is 59.4 Å². The van der Waals surface area contributed by atoms with Gasteiger partial charge in [-0.05, 0) is 73.3 Å². The van der Waals surface area contributed by atoms with Gasteiger partial charge in [-0.1, -0.05) is 44.2 Å². The maximum atomic E-state index is 13.1. The van der Waals surface area contributed by atoms with Gasteiger partial charge in [0, 0.05) is 12.3 Å². The molecule has 7 nitrogen and oxygen atoms in total. The Bertz CT molecular complexity index is 1230. The van der Waals surface area contributed by atoms with E-state index in [-0.39, 0.29) is 24.5 Å². The van der Waals surface area contributed by atoms with Crippen LogP contribution in [0, 0.1) is 11.3 Å². The number of nitrogens with zero attached hydrogens (tertiary/aromatic N) is 2. The minimum atomic E-state index is -0.470. The number of aryl methyl sites for hydroxylation is 1. The van der Waals surface area contributed by atoms with Crippen LogP contribution in [0.15, 0.2) is 30.3 Å². The van der Waals surface area contributed by atoms with Crippen LogP contribution in [0.25, 0.3) is 10.3 Å². The van der Waals surface area contributed by atoms with E-state index in [9.17, 15) is 14.7 Å². The monoisotopic (exact) mass is 495 g/mol. The number of rotatable bonds is 7. The number of nitrogens with one attached hydrogen (secondary N) is 1. The van der Waals surface area contributed by atoms with Crippen molar-refractivity contribution in [1.82, 2.24) is 15.3 Å². The predicted molar refractivity (Wildman–Crippen MR) is 137 cm³/mol. The van der Waals surface area contributed by atoms with Gasteiger partial charge in [-0.3, -0.25) is 4.79 Å². The number of hydrogen-bond donors (Lipinski definition) is 2.